The SMILES string of the molecule is CCN(CC)CCNC(=O)C1=C(C)C(=O)OC12CCCCC2. The number of nitrogens with zero attached hydrogens (tertiary/aromatic N) is 1. The number of carbonyl (C=O) groups is 2. The summed E-state index contributed by atoms with van der Waals surface area (Å²) in [5, 5.41) is 2.98. The molecule has 1 amide bonds. The Labute approximate surface area is 133 Å². The van der Waals surface area contributed by atoms with Crippen molar-refractivity contribution in [1.82, 2.24) is 10.2 Å². The molecule has 1 saturated carbocycles. The molecular weight excluding hydrogens is 280 g/mol. The molecule has 1 fully saturated rings. The first-order valence-electron chi connectivity index (χ1n) is 8.49. The Hall–Kier alpha value is -1.36. The summed E-state index contributed by atoms with van der Waals surface area (Å²) < 4.78 is 5.62. The van der Waals surface area contributed by atoms with Gasteiger partial charge in [-0.1, -0.05) is 20.3 Å². The highest BCUT2D eigenvalue weighted by Crippen LogP contribution is 2.43. The lowest BCUT2D eigenvalue weighted by molar-refractivity contribution is -0.149. The lowest BCUT2D eigenvalue weighted by Gasteiger charge is -2.34. The molecule has 0 saturated heterocycles. The Morgan fingerprint density at radius 1 is 1.23 bits per heavy atom. The average molecular weight is 308 g/mol. The quantitative estimate of drug-likeness (QED) is 0.763. The Morgan fingerprint density at radius 3 is 2.45 bits per heavy atom. The highest BCUT2D eigenvalue weighted by atomic mass is 16.6. The topological polar surface area (TPSA) is 58.6 Å². The minimum Gasteiger partial charge on any atom is -0.451 e. The number of amides is 1. The third-order valence-corrected chi connectivity index (χ3v) is 4.92. The molecule has 0 aromatic rings. The van der Waals surface area contributed by atoms with Crippen molar-refractivity contribution < 1.29 is 14.3 Å². The summed E-state index contributed by atoms with van der Waals surface area (Å²) >= 11 is 0. The van der Waals surface area contributed by atoms with Gasteiger partial charge in [0, 0.05) is 18.7 Å². The van der Waals surface area contributed by atoms with E-state index in [-0.39, 0.29) is 11.9 Å². The molecule has 1 spiro atoms. The summed E-state index contributed by atoms with van der Waals surface area (Å²) in [6.45, 7) is 9.30. The molecule has 0 unspecified atom stereocenters. The normalized spacial score (nSPS) is 20.6. The van der Waals surface area contributed by atoms with Gasteiger partial charge >= 0.3 is 5.97 Å². The lowest BCUT2D eigenvalue weighted by Crippen LogP contribution is -2.43. The molecule has 22 heavy (non-hydrogen) atoms. The van der Waals surface area contributed by atoms with Gasteiger partial charge in [-0.25, -0.2) is 4.79 Å². The average Bonchev–Trinajstić information content (AvgIpc) is 2.75. The molecular formula is C17H28N2O3. The molecule has 1 aliphatic carbocycles. The third-order valence-electron chi connectivity index (χ3n) is 4.92. The highest BCUT2D eigenvalue weighted by molar-refractivity contribution is 6.07. The van der Waals surface area contributed by atoms with Gasteiger partial charge in [-0.15, -0.1) is 0 Å². The Bertz CT molecular complexity index is 461. The van der Waals surface area contributed by atoms with Crippen molar-refractivity contribution in [2.24, 2.45) is 0 Å². The molecule has 2 rings (SSSR count). The van der Waals surface area contributed by atoms with E-state index < -0.39 is 5.60 Å². The number of carbonyl (C=O) groups excluding carboxylic acids is 2. The molecule has 1 heterocycles. The number of nitrogens with one attached hydrogen (secondary N) is 1. The summed E-state index contributed by atoms with van der Waals surface area (Å²) in [6.07, 6.45) is 4.71. The van der Waals surface area contributed by atoms with Crippen molar-refractivity contribution in [3.8, 4) is 0 Å². The summed E-state index contributed by atoms with van der Waals surface area (Å²) in [5.41, 5.74) is 0.414. The zero-order valence-corrected chi connectivity index (χ0v) is 14.0. The summed E-state index contributed by atoms with van der Waals surface area (Å²) in [7, 11) is 0. The predicted molar refractivity (Wildman–Crippen MR) is 85.4 cm³/mol. The van der Waals surface area contributed by atoms with E-state index in [1.165, 1.54) is 0 Å². The van der Waals surface area contributed by atoms with E-state index in [1.54, 1.807) is 6.92 Å². The minimum atomic E-state index is -0.654. The minimum absolute atomic E-state index is 0.127. The second kappa shape index (κ2) is 7.27. The maximum absolute atomic E-state index is 12.6. The molecule has 2 aliphatic rings. The predicted octanol–water partition coefficient (Wildman–Crippen LogP) is 2.02. The number of esters is 1. The zero-order valence-electron chi connectivity index (χ0n) is 14.0. The molecule has 0 atom stereocenters. The number of likely N-dealkylation sites (N-methyl/N-ethyl adjacent to an activating group) is 1. The fourth-order valence-electron chi connectivity index (χ4n) is 3.56. The maximum Gasteiger partial charge on any atom is 0.335 e. The van der Waals surface area contributed by atoms with Crippen molar-refractivity contribution in [2.75, 3.05) is 26.2 Å². The fraction of sp³-hybridized carbons (Fsp3) is 0.765. The van der Waals surface area contributed by atoms with Crippen LogP contribution >= 0.6 is 0 Å². The van der Waals surface area contributed by atoms with Gasteiger partial charge in [-0.3, -0.25) is 4.79 Å². The van der Waals surface area contributed by atoms with Crippen LogP contribution in [0.25, 0.3) is 0 Å². The fourth-order valence-corrected chi connectivity index (χ4v) is 3.56. The van der Waals surface area contributed by atoms with Crippen LogP contribution in [0, 0.1) is 0 Å². The molecule has 0 bridgehead atoms. The van der Waals surface area contributed by atoms with Gasteiger partial charge in [0.05, 0.1) is 5.57 Å². The van der Waals surface area contributed by atoms with Crippen LogP contribution in [-0.4, -0.2) is 48.6 Å². The van der Waals surface area contributed by atoms with Crippen molar-refractivity contribution in [2.45, 2.75) is 58.5 Å². The first kappa shape index (κ1) is 17.0. The second-order valence-electron chi connectivity index (χ2n) is 6.23. The van der Waals surface area contributed by atoms with E-state index >= 15 is 0 Å². The lowest BCUT2D eigenvalue weighted by atomic mass is 9.78. The second-order valence-corrected chi connectivity index (χ2v) is 6.23. The molecule has 5 nitrogen and oxygen atoms in total. The van der Waals surface area contributed by atoms with Gasteiger partial charge < -0.3 is 15.0 Å². The van der Waals surface area contributed by atoms with Crippen molar-refractivity contribution in [3.05, 3.63) is 11.1 Å². The van der Waals surface area contributed by atoms with Crippen LogP contribution < -0.4 is 5.32 Å². The van der Waals surface area contributed by atoms with E-state index in [1.807, 2.05) is 0 Å². The van der Waals surface area contributed by atoms with Crippen LogP contribution in [0.5, 0.6) is 0 Å². The van der Waals surface area contributed by atoms with Crippen molar-refractivity contribution in [3.63, 3.8) is 0 Å². The van der Waals surface area contributed by atoms with Gasteiger partial charge in [-0.05, 0) is 45.7 Å². The summed E-state index contributed by atoms with van der Waals surface area (Å²) in [5.74, 6) is -0.451. The standard InChI is InChI=1S/C17H28N2O3/c1-4-19(5-2)12-11-18-15(20)14-13(3)16(21)22-17(14)9-7-6-8-10-17/h4-12H2,1-3H3,(H,18,20). The first-order chi connectivity index (χ1) is 10.5. The van der Waals surface area contributed by atoms with Crippen molar-refractivity contribution in [1.29, 1.82) is 0 Å². The van der Waals surface area contributed by atoms with Crippen LogP contribution in [0.15, 0.2) is 11.1 Å². The number of rotatable bonds is 6. The molecule has 0 aromatic carbocycles. The molecule has 124 valence electrons. The molecule has 0 radical (unpaired) electrons. The van der Waals surface area contributed by atoms with Crippen LogP contribution in [0.4, 0.5) is 0 Å². The van der Waals surface area contributed by atoms with Crippen LogP contribution in [0.3, 0.4) is 0 Å². The Morgan fingerprint density at radius 2 is 1.86 bits per heavy atom. The third kappa shape index (κ3) is 3.35. The number of hydrogen-bond acceptors (Lipinski definition) is 4. The molecule has 5 heteroatoms. The molecule has 1 aliphatic heterocycles. The summed E-state index contributed by atoms with van der Waals surface area (Å²) in [4.78, 5) is 26.8. The van der Waals surface area contributed by atoms with Gasteiger partial charge in [0.1, 0.15) is 5.60 Å². The maximum atomic E-state index is 12.6. The Balaban J connectivity index is 2.04. The van der Waals surface area contributed by atoms with E-state index in [4.69, 9.17) is 4.74 Å². The van der Waals surface area contributed by atoms with Crippen molar-refractivity contribution >= 4 is 11.9 Å². The number of hydrogen-bond donors (Lipinski definition) is 1. The van der Waals surface area contributed by atoms with Crippen LogP contribution in [-0.2, 0) is 14.3 Å². The Kier molecular flexibility index (Phi) is 5.62. The van der Waals surface area contributed by atoms with Gasteiger partial charge in [0.2, 0.25) is 0 Å². The van der Waals surface area contributed by atoms with Gasteiger partial charge in [0.15, 0.2) is 0 Å². The van der Waals surface area contributed by atoms with Gasteiger partial charge in [-0.2, -0.15) is 0 Å². The number of ether oxygens (including phenoxy) is 1. The molecule has 0 aromatic heterocycles. The van der Waals surface area contributed by atoms with Crippen LogP contribution in [0.2, 0.25) is 0 Å². The van der Waals surface area contributed by atoms with E-state index in [0.717, 1.165) is 51.7 Å². The monoisotopic (exact) mass is 308 g/mol. The van der Waals surface area contributed by atoms with E-state index in [2.05, 4.69) is 24.1 Å². The largest absolute Gasteiger partial charge is 0.451 e. The van der Waals surface area contributed by atoms with Gasteiger partial charge in [0.25, 0.3) is 5.91 Å². The van der Waals surface area contributed by atoms with Crippen LogP contribution in [0.1, 0.15) is 52.9 Å². The molecule has 1 N–H and O–H groups in total. The summed E-state index contributed by atoms with van der Waals surface area (Å²) in [6, 6.07) is 0. The smallest absolute Gasteiger partial charge is 0.335 e. The highest BCUT2D eigenvalue weighted by Gasteiger charge is 2.49. The van der Waals surface area contributed by atoms with E-state index in [0.29, 0.717) is 17.7 Å². The van der Waals surface area contributed by atoms with E-state index in [9.17, 15) is 9.59 Å². The first-order valence-corrected chi connectivity index (χ1v) is 8.49. The zero-order chi connectivity index (χ0) is 16.2.